The minimum absolute atomic E-state index is 0.0839. The van der Waals surface area contributed by atoms with E-state index in [0.29, 0.717) is 44.1 Å². The lowest BCUT2D eigenvalue weighted by Crippen LogP contribution is -2.46. The lowest BCUT2D eigenvalue weighted by molar-refractivity contribution is -0.130. The van der Waals surface area contributed by atoms with Gasteiger partial charge in [0.15, 0.2) is 5.82 Å². The summed E-state index contributed by atoms with van der Waals surface area (Å²) in [6.45, 7) is 1.44. The highest BCUT2D eigenvalue weighted by molar-refractivity contribution is 5.95. The van der Waals surface area contributed by atoms with Gasteiger partial charge in [0.05, 0.1) is 23.5 Å². The van der Waals surface area contributed by atoms with Crippen molar-refractivity contribution in [3.63, 3.8) is 0 Å². The van der Waals surface area contributed by atoms with Gasteiger partial charge in [-0.2, -0.15) is 0 Å². The molecule has 1 fully saturated rings. The minimum atomic E-state index is -0.559. The van der Waals surface area contributed by atoms with Gasteiger partial charge in [-0.05, 0) is 12.8 Å². The molecule has 23 heavy (non-hydrogen) atoms. The van der Waals surface area contributed by atoms with Crippen molar-refractivity contribution in [1.82, 2.24) is 9.97 Å². The molecule has 0 bridgehead atoms. The number of nitrogens with one attached hydrogen (secondary N) is 1. The fourth-order valence-corrected chi connectivity index (χ4v) is 2.68. The van der Waals surface area contributed by atoms with E-state index in [1.807, 2.05) is 30.3 Å². The zero-order valence-electron chi connectivity index (χ0n) is 12.9. The number of nitrogens with zero attached hydrogens (tertiary/aromatic N) is 2. The van der Waals surface area contributed by atoms with Crippen LogP contribution >= 0.6 is 0 Å². The maximum Gasteiger partial charge on any atom is 0.232 e. The molecule has 1 aromatic carbocycles. The molecule has 1 aromatic heterocycles. The van der Waals surface area contributed by atoms with Gasteiger partial charge in [0.2, 0.25) is 5.91 Å². The van der Waals surface area contributed by atoms with Gasteiger partial charge in [-0.1, -0.05) is 30.3 Å². The largest absolute Gasteiger partial charge is 0.381 e. The number of amides is 1. The van der Waals surface area contributed by atoms with E-state index >= 15 is 0 Å². The molecule has 2 heterocycles. The average molecular weight is 312 g/mol. The molecule has 3 N–H and O–H groups in total. The zero-order chi connectivity index (χ0) is 16.1. The number of aromatic nitrogens is 2. The molecule has 0 radical (unpaired) electrons. The van der Waals surface area contributed by atoms with Crippen LogP contribution in [0.4, 0.5) is 5.69 Å². The molecule has 0 saturated carbocycles. The quantitative estimate of drug-likeness (QED) is 0.899. The molecular weight excluding hydrogens is 292 g/mol. The van der Waals surface area contributed by atoms with Crippen molar-refractivity contribution < 1.29 is 9.53 Å². The molecule has 2 aromatic rings. The lowest BCUT2D eigenvalue weighted by Gasteiger charge is -2.34. The molecule has 0 unspecified atom stereocenters. The van der Waals surface area contributed by atoms with Gasteiger partial charge in [-0.25, -0.2) is 9.97 Å². The summed E-state index contributed by atoms with van der Waals surface area (Å²) < 4.78 is 5.33. The Hall–Kier alpha value is -2.31. The SMILES string of the molecule is NCC1(C(=O)Nc2cnc(-c3ccccc3)nc2)CCOCC1. The van der Waals surface area contributed by atoms with Gasteiger partial charge >= 0.3 is 0 Å². The summed E-state index contributed by atoms with van der Waals surface area (Å²) in [6.07, 6.45) is 4.52. The number of hydrogen-bond acceptors (Lipinski definition) is 5. The van der Waals surface area contributed by atoms with Gasteiger partial charge in [0, 0.05) is 25.3 Å². The van der Waals surface area contributed by atoms with Crippen LogP contribution in [0.5, 0.6) is 0 Å². The van der Waals surface area contributed by atoms with E-state index in [1.54, 1.807) is 12.4 Å². The summed E-state index contributed by atoms with van der Waals surface area (Å²) in [4.78, 5) is 21.2. The second kappa shape index (κ2) is 6.85. The first-order valence-electron chi connectivity index (χ1n) is 7.70. The van der Waals surface area contributed by atoms with E-state index in [1.165, 1.54) is 0 Å². The monoisotopic (exact) mass is 312 g/mol. The van der Waals surface area contributed by atoms with Crippen molar-refractivity contribution in [2.45, 2.75) is 12.8 Å². The number of anilines is 1. The van der Waals surface area contributed by atoms with Crippen LogP contribution in [0.2, 0.25) is 0 Å². The third kappa shape index (κ3) is 3.38. The standard InChI is InChI=1S/C17H20N4O2/c18-12-17(6-8-23-9-7-17)16(22)21-14-10-19-15(20-11-14)13-4-2-1-3-5-13/h1-5,10-11H,6-9,12,18H2,(H,21,22). The van der Waals surface area contributed by atoms with Crippen molar-refractivity contribution in [2.75, 3.05) is 25.1 Å². The Kier molecular flexibility index (Phi) is 4.64. The van der Waals surface area contributed by atoms with Crippen molar-refractivity contribution in [1.29, 1.82) is 0 Å². The van der Waals surface area contributed by atoms with Gasteiger partial charge in [-0.3, -0.25) is 4.79 Å². The number of nitrogens with two attached hydrogens (primary N) is 1. The number of hydrogen-bond donors (Lipinski definition) is 2. The Balaban J connectivity index is 1.72. The second-order valence-electron chi connectivity index (χ2n) is 5.71. The average Bonchev–Trinajstić information content (AvgIpc) is 2.63. The van der Waals surface area contributed by atoms with Crippen molar-refractivity contribution >= 4 is 11.6 Å². The zero-order valence-corrected chi connectivity index (χ0v) is 12.9. The second-order valence-corrected chi connectivity index (χ2v) is 5.71. The van der Waals surface area contributed by atoms with E-state index in [0.717, 1.165) is 5.56 Å². The van der Waals surface area contributed by atoms with Crippen LogP contribution < -0.4 is 11.1 Å². The molecule has 6 heteroatoms. The smallest absolute Gasteiger partial charge is 0.232 e. The molecule has 0 atom stereocenters. The predicted octanol–water partition coefficient (Wildman–Crippen LogP) is 1.84. The molecule has 0 aliphatic carbocycles. The van der Waals surface area contributed by atoms with Gasteiger partial charge in [-0.15, -0.1) is 0 Å². The number of rotatable bonds is 4. The third-order valence-corrected chi connectivity index (χ3v) is 4.26. The van der Waals surface area contributed by atoms with E-state index in [9.17, 15) is 4.79 Å². The van der Waals surface area contributed by atoms with Gasteiger partial charge in [0.25, 0.3) is 0 Å². The Morgan fingerprint density at radius 2 is 1.83 bits per heavy atom. The van der Waals surface area contributed by atoms with Crippen LogP contribution in [0.25, 0.3) is 11.4 Å². The number of ether oxygens (including phenoxy) is 1. The minimum Gasteiger partial charge on any atom is -0.381 e. The highest BCUT2D eigenvalue weighted by Crippen LogP contribution is 2.30. The maximum atomic E-state index is 12.6. The van der Waals surface area contributed by atoms with Gasteiger partial charge in [0.1, 0.15) is 0 Å². The van der Waals surface area contributed by atoms with E-state index < -0.39 is 5.41 Å². The topological polar surface area (TPSA) is 90.1 Å². The number of carbonyl (C=O) groups is 1. The van der Waals surface area contributed by atoms with Crippen LogP contribution in [0.15, 0.2) is 42.7 Å². The van der Waals surface area contributed by atoms with Crippen LogP contribution in [-0.2, 0) is 9.53 Å². The molecule has 1 amide bonds. The number of carbonyl (C=O) groups excluding carboxylic acids is 1. The molecule has 1 saturated heterocycles. The summed E-state index contributed by atoms with van der Waals surface area (Å²) in [5.74, 6) is 0.544. The number of benzene rings is 1. The molecular formula is C17H20N4O2. The lowest BCUT2D eigenvalue weighted by atomic mass is 9.79. The Labute approximate surface area is 135 Å². The molecule has 3 rings (SSSR count). The Bertz CT molecular complexity index is 652. The molecule has 1 aliphatic rings. The summed E-state index contributed by atoms with van der Waals surface area (Å²) in [6, 6.07) is 9.70. The maximum absolute atomic E-state index is 12.6. The van der Waals surface area contributed by atoms with E-state index in [4.69, 9.17) is 10.5 Å². The molecule has 1 aliphatic heterocycles. The highest BCUT2D eigenvalue weighted by Gasteiger charge is 2.38. The molecule has 0 spiro atoms. The summed E-state index contributed by atoms with van der Waals surface area (Å²) in [5, 5.41) is 2.88. The van der Waals surface area contributed by atoms with E-state index in [2.05, 4.69) is 15.3 Å². The predicted molar refractivity (Wildman–Crippen MR) is 87.6 cm³/mol. The van der Waals surface area contributed by atoms with Crippen molar-refractivity contribution in [2.24, 2.45) is 11.1 Å². The fraction of sp³-hybridized carbons (Fsp3) is 0.353. The normalized spacial score (nSPS) is 16.7. The molecule has 120 valence electrons. The summed E-state index contributed by atoms with van der Waals surface area (Å²) in [5.41, 5.74) is 6.80. The highest BCUT2D eigenvalue weighted by atomic mass is 16.5. The van der Waals surface area contributed by atoms with Crippen LogP contribution in [0.3, 0.4) is 0 Å². The van der Waals surface area contributed by atoms with Crippen molar-refractivity contribution in [3.05, 3.63) is 42.7 Å². The van der Waals surface area contributed by atoms with E-state index in [-0.39, 0.29) is 5.91 Å². The Morgan fingerprint density at radius 1 is 1.17 bits per heavy atom. The Morgan fingerprint density at radius 3 is 2.43 bits per heavy atom. The van der Waals surface area contributed by atoms with Crippen LogP contribution in [-0.4, -0.2) is 35.6 Å². The van der Waals surface area contributed by atoms with Crippen LogP contribution in [0.1, 0.15) is 12.8 Å². The first-order chi connectivity index (χ1) is 11.2. The van der Waals surface area contributed by atoms with Gasteiger partial charge < -0.3 is 15.8 Å². The first kappa shape index (κ1) is 15.6. The summed E-state index contributed by atoms with van der Waals surface area (Å²) in [7, 11) is 0. The summed E-state index contributed by atoms with van der Waals surface area (Å²) >= 11 is 0. The third-order valence-electron chi connectivity index (χ3n) is 4.26. The van der Waals surface area contributed by atoms with Crippen molar-refractivity contribution in [3.8, 4) is 11.4 Å². The first-order valence-corrected chi connectivity index (χ1v) is 7.70. The molecule has 6 nitrogen and oxygen atoms in total. The fourth-order valence-electron chi connectivity index (χ4n) is 2.68. The van der Waals surface area contributed by atoms with Crippen LogP contribution in [0, 0.1) is 5.41 Å².